The Labute approximate surface area is 76.7 Å². The molecule has 0 amide bonds. The van der Waals surface area contributed by atoms with E-state index in [0.717, 1.165) is 0 Å². The van der Waals surface area contributed by atoms with Crippen LogP contribution in [0.25, 0.3) is 0 Å². The molecule has 0 fully saturated rings. The highest BCUT2D eigenvalue weighted by Gasteiger charge is 2.26. The summed E-state index contributed by atoms with van der Waals surface area (Å²) in [6.45, 7) is 1.08. The molecule has 0 bridgehead atoms. The SMILES string of the molecule is N#CN(C#N)C(N)(N)CNCCN. The van der Waals surface area contributed by atoms with E-state index < -0.39 is 5.79 Å². The van der Waals surface area contributed by atoms with Crippen molar-refractivity contribution in [3.8, 4) is 12.4 Å². The smallest absolute Gasteiger partial charge is 0.196 e. The van der Waals surface area contributed by atoms with Crippen LogP contribution in [-0.2, 0) is 0 Å². The Balaban J connectivity index is 4.08. The maximum absolute atomic E-state index is 8.46. The summed E-state index contributed by atoms with van der Waals surface area (Å²) < 4.78 is 0. The van der Waals surface area contributed by atoms with E-state index in [0.29, 0.717) is 18.0 Å². The molecule has 7 nitrogen and oxygen atoms in total. The average Bonchev–Trinajstić information content (AvgIpc) is 2.06. The van der Waals surface area contributed by atoms with Crippen molar-refractivity contribution in [3.63, 3.8) is 0 Å². The zero-order chi connectivity index (χ0) is 10.3. The van der Waals surface area contributed by atoms with E-state index in [1.807, 2.05) is 0 Å². The second-order valence-corrected chi connectivity index (χ2v) is 2.49. The zero-order valence-electron chi connectivity index (χ0n) is 7.20. The minimum atomic E-state index is -1.49. The fourth-order valence-electron chi connectivity index (χ4n) is 0.678. The summed E-state index contributed by atoms with van der Waals surface area (Å²) in [4.78, 5) is 0.622. The van der Waals surface area contributed by atoms with Gasteiger partial charge in [0.1, 0.15) is 0 Å². The van der Waals surface area contributed by atoms with Gasteiger partial charge in [-0.3, -0.25) is 11.5 Å². The second-order valence-electron chi connectivity index (χ2n) is 2.49. The minimum Gasteiger partial charge on any atom is -0.329 e. The van der Waals surface area contributed by atoms with Crippen molar-refractivity contribution in [3.05, 3.63) is 0 Å². The van der Waals surface area contributed by atoms with Gasteiger partial charge < -0.3 is 11.1 Å². The van der Waals surface area contributed by atoms with Crippen LogP contribution in [0.3, 0.4) is 0 Å². The molecule has 0 saturated carbocycles. The zero-order valence-corrected chi connectivity index (χ0v) is 7.20. The first-order valence-corrected chi connectivity index (χ1v) is 3.66. The molecular weight excluding hydrogens is 170 g/mol. The maximum Gasteiger partial charge on any atom is 0.196 e. The van der Waals surface area contributed by atoms with Crippen LogP contribution < -0.4 is 22.5 Å². The van der Waals surface area contributed by atoms with Crippen molar-refractivity contribution in [1.82, 2.24) is 10.2 Å². The Morgan fingerprint density at radius 1 is 1.31 bits per heavy atom. The number of rotatable bonds is 5. The molecule has 72 valence electrons. The van der Waals surface area contributed by atoms with E-state index in [4.69, 9.17) is 27.7 Å². The van der Waals surface area contributed by atoms with E-state index >= 15 is 0 Å². The maximum atomic E-state index is 8.46. The minimum absolute atomic E-state index is 0.116. The third-order valence-electron chi connectivity index (χ3n) is 1.35. The van der Waals surface area contributed by atoms with Gasteiger partial charge in [0.2, 0.25) is 0 Å². The molecule has 0 heterocycles. The second kappa shape index (κ2) is 5.30. The number of hydrogen-bond donors (Lipinski definition) is 4. The molecule has 7 heteroatoms. The lowest BCUT2D eigenvalue weighted by Gasteiger charge is -2.27. The lowest BCUT2D eigenvalue weighted by Crippen LogP contribution is -2.65. The van der Waals surface area contributed by atoms with Gasteiger partial charge in [0, 0.05) is 19.6 Å². The molecule has 0 aliphatic carbocycles. The van der Waals surface area contributed by atoms with Crippen molar-refractivity contribution in [1.29, 1.82) is 10.5 Å². The summed E-state index contributed by atoms with van der Waals surface area (Å²) in [5, 5.41) is 19.7. The molecule has 0 aromatic carbocycles. The lowest BCUT2D eigenvalue weighted by molar-refractivity contribution is 0.231. The predicted octanol–water partition coefficient (Wildman–Crippen LogP) is -2.63. The Bertz CT molecular complexity index is 208. The molecule has 0 aromatic rings. The highest BCUT2D eigenvalue weighted by atomic mass is 15.4. The first kappa shape index (κ1) is 11.6. The van der Waals surface area contributed by atoms with Crippen molar-refractivity contribution < 1.29 is 0 Å². The van der Waals surface area contributed by atoms with Crippen LogP contribution in [-0.4, -0.2) is 30.3 Å². The summed E-state index contributed by atoms with van der Waals surface area (Å²) in [6.07, 6.45) is 3.14. The molecule has 7 N–H and O–H groups in total. The van der Waals surface area contributed by atoms with E-state index in [1.165, 1.54) is 0 Å². The van der Waals surface area contributed by atoms with Gasteiger partial charge in [0.15, 0.2) is 18.2 Å². The highest BCUT2D eigenvalue weighted by molar-refractivity contribution is 4.97. The van der Waals surface area contributed by atoms with Gasteiger partial charge in [-0.25, -0.2) is 0 Å². The van der Waals surface area contributed by atoms with E-state index in [1.54, 1.807) is 12.4 Å². The van der Waals surface area contributed by atoms with Gasteiger partial charge in [0.05, 0.1) is 0 Å². The molecule has 0 rings (SSSR count). The molecule has 0 aliphatic rings. The van der Waals surface area contributed by atoms with E-state index in [9.17, 15) is 0 Å². The third kappa shape index (κ3) is 3.69. The first-order valence-electron chi connectivity index (χ1n) is 3.66. The summed E-state index contributed by atoms with van der Waals surface area (Å²) in [6, 6.07) is 0. The molecule has 0 radical (unpaired) electrons. The molecule has 0 spiro atoms. The normalized spacial score (nSPS) is 10.2. The van der Waals surface area contributed by atoms with Crippen LogP contribution in [0, 0.1) is 22.9 Å². The molecular formula is C6H13N7. The molecule has 0 unspecified atom stereocenters. The largest absolute Gasteiger partial charge is 0.329 e. The van der Waals surface area contributed by atoms with Gasteiger partial charge in [-0.15, -0.1) is 0 Å². The monoisotopic (exact) mass is 183 g/mol. The Hall–Kier alpha value is -1.38. The summed E-state index contributed by atoms with van der Waals surface area (Å²) >= 11 is 0. The summed E-state index contributed by atoms with van der Waals surface area (Å²) in [5.74, 6) is -1.49. The number of nitrogens with two attached hydrogens (primary N) is 3. The number of nitriles is 2. The Morgan fingerprint density at radius 3 is 2.23 bits per heavy atom. The van der Waals surface area contributed by atoms with Gasteiger partial charge in [0.25, 0.3) is 0 Å². The topological polar surface area (TPSA) is 141 Å². The van der Waals surface area contributed by atoms with Gasteiger partial charge >= 0.3 is 0 Å². The van der Waals surface area contributed by atoms with Crippen molar-refractivity contribution in [2.45, 2.75) is 5.79 Å². The van der Waals surface area contributed by atoms with E-state index in [-0.39, 0.29) is 6.54 Å². The Morgan fingerprint density at radius 2 is 1.85 bits per heavy atom. The standard InChI is InChI=1S/C6H13N7/c7-1-2-12-3-6(10,11)13(4-8)5-9/h12H,1-3,7,10-11H2. The summed E-state index contributed by atoms with van der Waals surface area (Å²) in [7, 11) is 0. The Kier molecular flexibility index (Phi) is 4.74. The lowest BCUT2D eigenvalue weighted by atomic mass is 10.3. The number of nitrogens with zero attached hydrogens (tertiary/aromatic N) is 3. The molecule has 0 atom stereocenters. The molecule has 0 saturated heterocycles. The van der Waals surface area contributed by atoms with Gasteiger partial charge in [-0.1, -0.05) is 0 Å². The van der Waals surface area contributed by atoms with Crippen LogP contribution in [0.15, 0.2) is 0 Å². The average molecular weight is 183 g/mol. The van der Waals surface area contributed by atoms with Crippen LogP contribution >= 0.6 is 0 Å². The van der Waals surface area contributed by atoms with Crippen LogP contribution in [0.4, 0.5) is 0 Å². The quantitative estimate of drug-likeness (QED) is 0.158. The predicted molar refractivity (Wildman–Crippen MR) is 46.1 cm³/mol. The van der Waals surface area contributed by atoms with Crippen LogP contribution in [0.5, 0.6) is 0 Å². The van der Waals surface area contributed by atoms with Crippen molar-refractivity contribution >= 4 is 0 Å². The van der Waals surface area contributed by atoms with Gasteiger partial charge in [-0.05, 0) is 0 Å². The molecule has 13 heavy (non-hydrogen) atoms. The van der Waals surface area contributed by atoms with Gasteiger partial charge in [-0.2, -0.15) is 15.4 Å². The van der Waals surface area contributed by atoms with Crippen LogP contribution in [0.2, 0.25) is 0 Å². The fraction of sp³-hybridized carbons (Fsp3) is 0.667. The summed E-state index contributed by atoms with van der Waals surface area (Å²) in [5.41, 5.74) is 16.2. The molecule has 0 aromatic heterocycles. The fourth-order valence-corrected chi connectivity index (χ4v) is 0.678. The highest BCUT2D eigenvalue weighted by Crippen LogP contribution is 1.95. The van der Waals surface area contributed by atoms with Crippen molar-refractivity contribution in [2.24, 2.45) is 17.2 Å². The third-order valence-corrected chi connectivity index (χ3v) is 1.35. The number of hydrogen-bond acceptors (Lipinski definition) is 7. The molecule has 0 aliphatic heterocycles. The van der Waals surface area contributed by atoms with E-state index in [2.05, 4.69) is 5.32 Å². The first-order chi connectivity index (χ1) is 6.08. The number of nitrogens with one attached hydrogen (secondary N) is 1. The van der Waals surface area contributed by atoms with Crippen LogP contribution in [0.1, 0.15) is 0 Å². The van der Waals surface area contributed by atoms with Crippen molar-refractivity contribution in [2.75, 3.05) is 19.6 Å².